The molecule has 0 aromatic heterocycles. The second kappa shape index (κ2) is 7.38. The van der Waals surface area contributed by atoms with E-state index < -0.39 is 9.84 Å². The van der Waals surface area contributed by atoms with Gasteiger partial charge in [0, 0.05) is 22.9 Å². The molecule has 0 fully saturated rings. The van der Waals surface area contributed by atoms with E-state index in [4.69, 9.17) is 11.6 Å². The van der Waals surface area contributed by atoms with Crippen molar-refractivity contribution in [3.8, 4) is 0 Å². The molecule has 0 heterocycles. The number of sulfone groups is 1. The van der Waals surface area contributed by atoms with Crippen LogP contribution in [0.25, 0.3) is 0 Å². The third-order valence-electron chi connectivity index (χ3n) is 2.52. The van der Waals surface area contributed by atoms with E-state index >= 15 is 0 Å². The van der Waals surface area contributed by atoms with Gasteiger partial charge in [-0.2, -0.15) is 0 Å². The van der Waals surface area contributed by atoms with Crippen molar-refractivity contribution in [2.24, 2.45) is 0 Å². The molecule has 0 aliphatic heterocycles. The summed E-state index contributed by atoms with van der Waals surface area (Å²) in [7, 11) is -1.05. The molecule has 3 nitrogen and oxygen atoms in total. The van der Waals surface area contributed by atoms with Gasteiger partial charge in [-0.3, -0.25) is 0 Å². The maximum Gasteiger partial charge on any atom is 0.147 e. The monoisotopic (exact) mass is 307 g/mol. The molecule has 1 aromatic carbocycles. The highest BCUT2D eigenvalue weighted by atomic mass is 35.5. The van der Waals surface area contributed by atoms with Crippen LogP contribution in [-0.2, 0) is 9.84 Å². The number of thioether (sulfide) groups is 1. The van der Waals surface area contributed by atoms with Gasteiger partial charge in [0.15, 0.2) is 0 Å². The molecule has 1 unspecified atom stereocenters. The van der Waals surface area contributed by atoms with E-state index in [2.05, 4.69) is 5.32 Å². The number of nitrogens with one attached hydrogen (secondary N) is 1. The topological polar surface area (TPSA) is 46.2 Å². The van der Waals surface area contributed by atoms with Gasteiger partial charge < -0.3 is 5.32 Å². The first-order valence-corrected chi connectivity index (χ1v) is 9.07. The van der Waals surface area contributed by atoms with Crippen LogP contribution in [0.5, 0.6) is 0 Å². The average Bonchev–Trinajstić information content (AvgIpc) is 2.30. The van der Waals surface area contributed by atoms with Crippen molar-refractivity contribution >= 4 is 33.2 Å². The van der Waals surface area contributed by atoms with E-state index in [0.29, 0.717) is 6.42 Å². The first-order chi connectivity index (χ1) is 8.42. The number of hydrogen-bond donors (Lipinski definition) is 1. The first kappa shape index (κ1) is 15.8. The summed E-state index contributed by atoms with van der Waals surface area (Å²) in [5.41, 5.74) is 0. The third-order valence-corrected chi connectivity index (χ3v) is 5.18. The zero-order valence-corrected chi connectivity index (χ0v) is 12.9. The van der Waals surface area contributed by atoms with E-state index in [-0.39, 0.29) is 11.8 Å². The van der Waals surface area contributed by atoms with Crippen molar-refractivity contribution in [1.82, 2.24) is 5.32 Å². The van der Waals surface area contributed by atoms with Crippen LogP contribution in [0.1, 0.15) is 6.42 Å². The lowest BCUT2D eigenvalue weighted by molar-refractivity contribution is 0.573. The normalized spacial score (nSPS) is 13.5. The molecular formula is C12H18ClNO2S2. The Morgan fingerprint density at radius 2 is 2.06 bits per heavy atom. The van der Waals surface area contributed by atoms with E-state index in [1.165, 1.54) is 6.26 Å². The highest BCUT2D eigenvalue weighted by molar-refractivity contribution is 7.99. The highest BCUT2D eigenvalue weighted by Gasteiger charge is 2.11. The van der Waals surface area contributed by atoms with Gasteiger partial charge in [-0.25, -0.2) is 8.42 Å². The molecule has 0 aliphatic rings. The van der Waals surface area contributed by atoms with Crippen molar-refractivity contribution < 1.29 is 8.42 Å². The lowest BCUT2D eigenvalue weighted by Crippen LogP contribution is -2.30. The Bertz CT molecular complexity index is 477. The second-order valence-electron chi connectivity index (χ2n) is 4.15. The van der Waals surface area contributed by atoms with Crippen LogP contribution in [0.2, 0.25) is 5.02 Å². The number of halogens is 1. The third kappa shape index (κ3) is 6.09. The van der Waals surface area contributed by atoms with E-state index in [9.17, 15) is 8.42 Å². The summed E-state index contributed by atoms with van der Waals surface area (Å²) in [6.45, 7) is 0. The van der Waals surface area contributed by atoms with Crippen molar-refractivity contribution in [1.29, 1.82) is 0 Å². The Balaban J connectivity index is 2.47. The zero-order chi connectivity index (χ0) is 13.6. The van der Waals surface area contributed by atoms with Crippen molar-refractivity contribution in [2.45, 2.75) is 17.4 Å². The maximum absolute atomic E-state index is 11.1. The predicted molar refractivity (Wildman–Crippen MR) is 79.4 cm³/mol. The molecule has 6 heteroatoms. The van der Waals surface area contributed by atoms with E-state index in [1.54, 1.807) is 11.8 Å². The molecule has 1 N–H and O–H groups in total. The molecule has 18 heavy (non-hydrogen) atoms. The molecule has 1 rings (SSSR count). The van der Waals surface area contributed by atoms with Gasteiger partial charge >= 0.3 is 0 Å². The Morgan fingerprint density at radius 1 is 1.39 bits per heavy atom. The van der Waals surface area contributed by atoms with E-state index in [0.717, 1.165) is 15.7 Å². The molecular weight excluding hydrogens is 290 g/mol. The van der Waals surface area contributed by atoms with Gasteiger partial charge in [-0.05, 0) is 25.6 Å². The van der Waals surface area contributed by atoms with Crippen LogP contribution in [0.15, 0.2) is 29.2 Å². The van der Waals surface area contributed by atoms with Crippen molar-refractivity contribution in [3.05, 3.63) is 29.3 Å². The van der Waals surface area contributed by atoms with Gasteiger partial charge in [0.05, 0.1) is 10.8 Å². The van der Waals surface area contributed by atoms with Crippen LogP contribution < -0.4 is 5.32 Å². The Morgan fingerprint density at radius 3 is 2.61 bits per heavy atom. The highest BCUT2D eigenvalue weighted by Crippen LogP contribution is 2.27. The smallest absolute Gasteiger partial charge is 0.147 e. The molecule has 0 aliphatic carbocycles. The lowest BCUT2D eigenvalue weighted by atomic mass is 10.3. The SMILES string of the molecule is CNC(CCS(C)(=O)=O)CSc1ccccc1Cl. The van der Waals surface area contributed by atoms with Crippen LogP contribution in [-0.4, -0.2) is 39.3 Å². The summed E-state index contributed by atoms with van der Waals surface area (Å²) in [5, 5.41) is 3.87. The Labute approximate surface area is 118 Å². The second-order valence-corrected chi connectivity index (χ2v) is 7.87. The van der Waals surface area contributed by atoms with Crippen LogP contribution in [0, 0.1) is 0 Å². The summed E-state index contributed by atoms with van der Waals surface area (Å²) in [5.74, 6) is 1.01. The van der Waals surface area contributed by atoms with Gasteiger partial charge in [0.2, 0.25) is 0 Å². The quantitative estimate of drug-likeness (QED) is 0.786. The van der Waals surface area contributed by atoms with Crippen LogP contribution in [0.4, 0.5) is 0 Å². The first-order valence-electron chi connectivity index (χ1n) is 5.64. The molecule has 0 radical (unpaired) electrons. The molecule has 1 aromatic rings. The fourth-order valence-electron chi connectivity index (χ4n) is 1.42. The van der Waals surface area contributed by atoms with Crippen LogP contribution >= 0.6 is 23.4 Å². The molecule has 102 valence electrons. The standard InChI is InChI=1S/C12H18ClNO2S2/c1-14-10(7-8-18(2,15)16)9-17-12-6-4-3-5-11(12)13/h3-6,10,14H,7-9H2,1-2H3. The summed E-state index contributed by atoms with van der Waals surface area (Å²) in [4.78, 5) is 1.03. The number of hydrogen-bond acceptors (Lipinski definition) is 4. The zero-order valence-electron chi connectivity index (χ0n) is 10.5. The summed E-state index contributed by atoms with van der Waals surface area (Å²) in [6, 6.07) is 7.83. The predicted octanol–water partition coefficient (Wildman–Crippen LogP) is 2.45. The fraction of sp³-hybridized carbons (Fsp3) is 0.500. The van der Waals surface area contributed by atoms with Gasteiger partial charge in [-0.15, -0.1) is 11.8 Å². The van der Waals surface area contributed by atoms with Crippen LogP contribution in [0.3, 0.4) is 0 Å². The Kier molecular flexibility index (Phi) is 6.49. The fourth-order valence-corrected chi connectivity index (χ4v) is 3.53. The van der Waals surface area contributed by atoms with Gasteiger partial charge in [-0.1, -0.05) is 23.7 Å². The van der Waals surface area contributed by atoms with Crippen molar-refractivity contribution in [2.75, 3.05) is 24.8 Å². The summed E-state index contributed by atoms with van der Waals surface area (Å²) >= 11 is 7.70. The molecule has 0 saturated carbocycles. The largest absolute Gasteiger partial charge is 0.316 e. The van der Waals surface area contributed by atoms with Gasteiger partial charge in [0.25, 0.3) is 0 Å². The lowest BCUT2D eigenvalue weighted by Gasteiger charge is -2.15. The molecule has 0 amide bonds. The number of benzene rings is 1. The molecule has 0 spiro atoms. The molecule has 1 atom stereocenters. The van der Waals surface area contributed by atoms with E-state index in [1.807, 2.05) is 31.3 Å². The minimum Gasteiger partial charge on any atom is -0.316 e. The number of rotatable bonds is 7. The minimum atomic E-state index is -2.90. The summed E-state index contributed by atoms with van der Waals surface area (Å²) < 4.78 is 22.2. The molecule has 0 bridgehead atoms. The maximum atomic E-state index is 11.1. The Hall–Kier alpha value is -0.230. The van der Waals surface area contributed by atoms with Gasteiger partial charge in [0.1, 0.15) is 9.84 Å². The average molecular weight is 308 g/mol. The minimum absolute atomic E-state index is 0.168. The molecule has 0 saturated heterocycles. The summed E-state index contributed by atoms with van der Waals surface area (Å²) in [6.07, 6.45) is 1.88. The van der Waals surface area contributed by atoms with Crippen molar-refractivity contribution in [3.63, 3.8) is 0 Å².